The van der Waals surface area contributed by atoms with Crippen LogP contribution in [0, 0.1) is 0 Å². The quantitative estimate of drug-likeness (QED) is 0.675. The van der Waals surface area contributed by atoms with Crippen molar-refractivity contribution in [2.24, 2.45) is 0 Å². The van der Waals surface area contributed by atoms with Gasteiger partial charge in [-0.15, -0.1) is 0 Å². The van der Waals surface area contributed by atoms with Gasteiger partial charge >= 0.3 is 0 Å². The van der Waals surface area contributed by atoms with Crippen molar-refractivity contribution in [3.8, 4) is 17.2 Å². The monoisotopic (exact) mass is 412 g/mol. The third-order valence-corrected chi connectivity index (χ3v) is 4.34. The van der Waals surface area contributed by atoms with Gasteiger partial charge in [-0.3, -0.25) is 9.69 Å². The summed E-state index contributed by atoms with van der Waals surface area (Å²) in [6.07, 6.45) is 0. The maximum absolute atomic E-state index is 12.3. The van der Waals surface area contributed by atoms with Gasteiger partial charge in [0, 0.05) is 18.7 Å². The topological polar surface area (TPSA) is 60.0 Å². The van der Waals surface area contributed by atoms with Crippen LogP contribution in [-0.4, -0.2) is 51.8 Å². The highest BCUT2D eigenvalue weighted by Gasteiger charge is 2.14. The molecule has 0 aliphatic heterocycles. The number of hydrogen-bond acceptors (Lipinski definition) is 5. The average molecular weight is 413 g/mol. The molecular formula is C19H22Cl2N2O4. The number of carbonyl (C=O) groups is 1. The van der Waals surface area contributed by atoms with Crippen LogP contribution in [0.5, 0.6) is 17.2 Å². The number of methoxy groups -OCH3 is 2. The molecule has 0 fully saturated rings. The second kappa shape index (κ2) is 10.3. The number of anilines is 1. The zero-order valence-corrected chi connectivity index (χ0v) is 16.9. The summed E-state index contributed by atoms with van der Waals surface area (Å²) >= 11 is 12.1. The Bertz CT molecular complexity index is 786. The van der Waals surface area contributed by atoms with E-state index in [1.807, 2.05) is 24.1 Å². The third-order valence-electron chi connectivity index (χ3n) is 3.73. The third kappa shape index (κ3) is 6.20. The van der Waals surface area contributed by atoms with E-state index in [1.54, 1.807) is 24.3 Å². The predicted octanol–water partition coefficient (Wildman–Crippen LogP) is 3.96. The van der Waals surface area contributed by atoms with Gasteiger partial charge in [-0.1, -0.05) is 35.3 Å². The van der Waals surface area contributed by atoms with Crippen molar-refractivity contribution in [2.75, 3.05) is 46.3 Å². The average Bonchev–Trinajstić information content (AvgIpc) is 2.64. The van der Waals surface area contributed by atoms with Crippen LogP contribution in [0.25, 0.3) is 0 Å². The minimum Gasteiger partial charge on any atom is -0.495 e. The summed E-state index contributed by atoms with van der Waals surface area (Å²) in [5.74, 6) is 1.33. The molecule has 0 atom stereocenters. The van der Waals surface area contributed by atoms with Crippen molar-refractivity contribution < 1.29 is 19.0 Å². The number of ether oxygens (including phenoxy) is 3. The normalized spacial score (nSPS) is 10.6. The van der Waals surface area contributed by atoms with Gasteiger partial charge < -0.3 is 19.5 Å². The SMILES string of the molecule is COc1cc(NC(=O)CN(C)CCOc2ccccc2Cl)c(OC)cc1Cl. The zero-order valence-electron chi connectivity index (χ0n) is 15.4. The van der Waals surface area contributed by atoms with E-state index in [2.05, 4.69) is 5.32 Å². The number of benzene rings is 2. The van der Waals surface area contributed by atoms with Crippen LogP contribution in [0.4, 0.5) is 5.69 Å². The van der Waals surface area contributed by atoms with Crippen molar-refractivity contribution in [3.05, 3.63) is 46.4 Å². The molecule has 27 heavy (non-hydrogen) atoms. The molecule has 2 rings (SSSR count). The van der Waals surface area contributed by atoms with Gasteiger partial charge in [0.2, 0.25) is 5.91 Å². The van der Waals surface area contributed by atoms with Crippen molar-refractivity contribution in [3.63, 3.8) is 0 Å². The Balaban J connectivity index is 1.87. The fourth-order valence-electron chi connectivity index (χ4n) is 2.35. The molecule has 0 aromatic heterocycles. The second-order valence-corrected chi connectivity index (χ2v) is 6.57. The number of halogens is 2. The number of nitrogens with one attached hydrogen (secondary N) is 1. The summed E-state index contributed by atoms with van der Waals surface area (Å²) in [5, 5.41) is 3.77. The first kappa shape index (κ1) is 21.2. The lowest BCUT2D eigenvalue weighted by Crippen LogP contribution is -2.33. The maximum Gasteiger partial charge on any atom is 0.238 e. The first-order valence-corrected chi connectivity index (χ1v) is 8.97. The maximum atomic E-state index is 12.3. The van der Waals surface area contributed by atoms with Crippen LogP contribution in [0.2, 0.25) is 10.0 Å². The van der Waals surface area contributed by atoms with Crippen molar-refractivity contribution in [1.82, 2.24) is 4.90 Å². The lowest BCUT2D eigenvalue weighted by Gasteiger charge is -2.18. The summed E-state index contributed by atoms with van der Waals surface area (Å²) in [5.41, 5.74) is 0.490. The molecule has 2 aromatic carbocycles. The van der Waals surface area contributed by atoms with Crippen molar-refractivity contribution in [2.45, 2.75) is 0 Å². The molecule has 0 saturated heterocycles. The largest absolute Gasteiger partial charge is 0.495 e. The Kier molecular flexibility index (Phi) is 8.03. The van der Waals surface area contributed by atoms with Crippen LogP contribution in [0.3, 0.4) is 0 Å². The highest BCUT2D eigenvalue weighted by Crippen LogP contribution is 2.35. The first-order valence-electron chi connectivity index (χ1n) is 8.21. The number of amides is 1. The van der Waals surface area contributed by atoms with Crippen LogP contribution >= 0.6 is 23.2 Å². The lowest BCUT2D eigenvalue weighted by atomic mass is 10.2. The van der Waals surface area contributed by atoms with Gasteiger partial charge in [0.15, 0.2) is 0 Å². The van der Waals surface area contributed by atoms with Crippen LogP contribution in [0.1, 0.15) is 0 Å². The highest BCUT2D eigenvalue weighted by atomic mass is 35.5. The zero-order chi connectivity index (χ0) is 19.8. The standard InChI is InChI=1S/C19H22Cl2N2O4/c1-23(8-9-27-16-7-5-4-6-13(16)20)12-19(24)22-15-11-17(25-2)14(21)10-18(15)26-3/h4-7,10-11H,8-9,12H2,1-3H3,(H,22,24). The van der Waals surface area contributed by atoms with Crippen molar-refractivity contribution in [1.29, 1.82) is 0 Å². The molecular weight excluding hydrogens is 391 g/mol. The fourth-order valence-corrected chi connectivity index (χ4v) is 2.77. The fraction of sp³-hybridized carbons (Fsp3) is 0.316. The van der Waals surface area contributed by atoms with Gasteiger partial charge in [0.05, 0.1) is 36.5 Å². The number of rotatable bonds is 9. The minimum atomic E-state index is -0.196. The Morgan fingerprint density at radius 3 is 2.41 bits per heavy atom. The molecule has 0 bridgehead atoms. The van der Waals surface area contributed by atoms with Gasteiger partial charge in [0.1, 0.15) is 23.9 Å². The molecule has 0 radical (unpaired) electrons. The molecule has 8 heteroatoms. The number of likely N-dealkylation sites (N-methyl/N-ethyl adjacent to an activating group) is 1. The minimum absolute atomic E-state index is 0.181. The number of carbonyl (C=O) groups excluding carboxylic acids is 1. The van der Waals surface area contributed by atoms with Gasteiger partial charge in [-0.2, -0.15) is 0 Å². The molecule has 0 unspecified atom stereocenters. The Morgan fingerprint density at radius 2 is 1.74 bits per heavy atom. The number of nitrogens with zero attached hydrogens (tertiary/aromatic N) is 1. The van der Waals surface area contributed by atoms with Gasteiger partial charge in [-0.05, 0) is 19.2 Å². The molecule has 0 heterocycles. The van der Waals surface area contributed by atoms with E-state index >= 15 is 0 Å². The smallest absolute Gasteiger partial charge is 0.238 e. The van der Waals surface area contributed by atoms with E-state index < -0.39 is 0 Å². The van der Waals surface area contributed by atoms with Crippen LogP contribution < -0.4 is 19.5 Å². The summed E-state index contributed by atoms with van der Waals surface area (Å²) in [7, 11) is 4.84. The molecule has 6 nitrogen and oxygen atoms in total. The van der Waals surface area contributed by atoms with E-state index in [0.29, 0.717) is 46.1 Å². The number of hydrogen-bond donors (Lipinski definition) is 1. The summed E-state index contributed by atoms with van der Waals surface area (Å²) < 4.78 is 16.1. The molecule has 0 saturated carbocycles. The van der Waals surface area contributed by atoms with E-state index in [4.69, 9.17) is 37.4 Å². The predicted molar refractivity (Wildman–Crippen MR) is 108 cm³/mol. The molecule has 2 aromatic rings. The molecule has 1 N–H and O–H groups in total. The summed E-state index contributed by atoms with van der Waals surface area (Å²) in [6.45, 7) is 1.14. The molecule has 146 valence electrons. The molecule has 0 spiro atoms. The van der Waals surface area contributed by atoms with E-state index in [9.17, 15) is 4.79 Å². The number of para-hydroxylation sites is 1. The second-order valence-electron chi connectivity index (χ2n) is 5.75. The first-order chi connectivity index (χ1) is 12.9. The van der Waals surface area contributed by atoms with Gasteiger partial charge in [-0.25, -0.2) is 0 Å². The van der Waals surface area contributed by atoms with Crippen molar-refractivity contribution >= 4 is 34.8 Å². The molecule has 1 amide bonds. The summed E-state index contributed by atoms with van der Waals surface area (Å²) in [6, 6.07) is 10.5. The Labute approximate surface area is 168 Å². The van der Waals surface area contributed by atoms with Crippen LogP contribution in [-0.2, 0) is 4.79 Å². The van der Waals surface area contributed by atoms with E-state index in [0.717, 1.165) is 0 Å². The summed E-state index contributed by atoms with van der Waals surface area (Å²) in [4.78, 5) is 14.2. The Morgan fingerprint density at radius 1 is 1.04 bits per heavy atom. The molecule has 0 aliphatic rings. The van der Waals surface area contributed by atoms with E-state index in [1.165, 1.54) is 14.2 Å². The van der Waals surface area contributed by atoms with E-state index in [-0.39, 0.29) is 12.5 Å². The molecule has 0 aliphatic carbocycles. The van der Waals surface area contributed by atoms with Gasteiger partial charge in [0.25, 0.3) is 0 Å². The lowest BCUT2D eigenvalue weighted by molar-refractivity contribution is -0.117. The Hall–Kier alpha value is -2.15. The highest BCUT2D eigenvalue weighted by molar-refractivity contribution is 6.32. The van der Waals surface area contributed by atoms with Crippen LogP contribution in [0.15, 0.2) is 36.4 Å².